The molecule has 0 aliphatic heterocycles. The summed E-state index contributed by atoms with van der Waals surface area (Å²) >= 11 is 0. The van der Waals surface area contributed by atoms with Crippen LogP contribution in [0.25, 0.3) is 0 Å². The van der Waals surface area contributed by atoms with Crippen molar-refractivity contribution in [2.45, 2.75) is 392 Å². The first-order valence-corrected chi connectivity index (χ1v) is 34.8. The maximum atomic E-state index is 12.5. The van der Waals surface area contributed by atoms with Gasteiger partial charge in [-0.1, -0.05) is 326 Å². The van der Waals surface area contributed by atoms with E-state index in [1.54, 1.807) is 6.08 Å². The van der Waals surface area contributed by atoms with Crippen LogP contribution in [0.1, 0.15) is 380 Å². The molecule has 2 unspecified atom stereocenters. The topological polar surface area (TPSA) is 95.9 Å². The van der Waals surface area contributed by atoms with Gasteiger partial charge in [0, 0.05) is 12.8 Å². The quantitative estimate of drug-likeness (QED) is 0.0320. The Kier molecular flexibility index (Phi) is 64.9. The van der Waals surface area contributed by atoms with Crippen molar-refractivity contribution in [2.24, 2.45) is 0 Å². The zero-order valence-electron chi connectivity index (χ0n) is 52.0. The minimum Gasteiger partial charge on any atom is -0.466 e. The van der Waals surface area contributed by atoms with Gasteiger partial charge >= 0.3 is 5.97 Å². The molecule has 0 fully saturated rings. The Balaban J connectivity index is 3.35. The minimum absolute atomic E-state index is 0.00894. The van der Waals surface area contributed by atoms with Crippen molar-refractivity contribution in [1.29, 1.82) is 0 Å². The summed E-state index contributed by atoms with van der Waals surface area (Å²) in [6.45, 7) is 4.89. The lowest BCUT2D eigenvalue weighted by atomic mass is 10.0. The number of ether oxygens (including phenoxy) is 1. The van der Waals surface area contributed by atoms with Crippen molar-refractivity contribution in [2.75, 3.05) is 13.2 Å². The number of carbonyl (C=O) groups is 2. The largest absolute Gasteiger partial charge is 0.466 e. The van der Waals surface area contributed by atoms with Crippen LogP contribution in [0.2, 0.25) is 0 Å². The van der Waals surface area contributed by atoms with Gasteiger partial charge in [0.25, 0.3) is 0 Å². The molecule has 2 atom stereocenters. The number of hydrogen-bond acceptors (Lipinski definition) is 5. The number of esters is 1. The fraction of sp³-hybridized carbons (Fsp3) is 0.887. The van der Waals surface area contributed by atoms with E-state index in [2.05, 4.69) is 43.5 Å². The van der Waals surface area contributed by atoms with E-state index in [0.29, 0.717) is 19.4 Å². The van der Waals surface area contributed by atoms with Crippen LogP contribution >= 0.6 is 0 Å². The Bertz CT molecular complexity index is 1250. The van der Waals surface area contributed by atoms with E-state index >= 15 is 0 Å². The maximum Gasteiger partial charge on any atom is 0.305 e. The second-order valence-electron chi connectivity index (χ2n) is 23.9. The van der Waals surface area contributed by atoms with Crippen LogP contribution in [0.3, 0.4) is 0 Å². The number of amides is 1. The Labute approximate surface area is 481 Å². The molecule has 0 spiro atoms. The van der Waals surface area contributed by atoms with E-state index in [1.807, 2.05) is 6.08 Å². The predicted octanol–water partition coefficient (Wildman–Crippen LogP) is 22.3. The van der Waals surface area contributed by atoms with Gasteiger partial charge < -0.3 is 20.3 Å². The maximum absolute atomic E-state index is 12.5. The summed E-state index contributed by atoms with van der Waals surface area (Å²) in [5, 5.41) is 23.1. The molecule has 0 bridgehead atoms. The normalized spacial score (nSPS) is 12.7. The van der Waals surface area contributed by atoms with E-state index in [4.69, 9.17) is 4.74 Å². The summed E-state index contributed by atoms with van der Waals surface area (Å²) in [6.07, 6.45) is 85.2. The van der Waals surface area contributed by atoms with Gasteiger partial charge in [-0.25, -0.2) is 0 Å². The van der Waals surface area contributed by atoms with Crippen molar-refractivity contribution in [3.8, 4) is 0 Å². The molecule has 0 saturated carbocycles. The van der Waals surface area contributed by atoms with Crippen molar-refractivity contribution >= 4 is 11.9 Å². The number of allylic oxidation sites excluding steroid dienone is 5. The van der Waals surface area contributed by atoms with Gasteiger partial charge in [-0.05, 0) is 77.0 Å². The molecule has 0 rings (SSSR count). The molecule has 3 N–H and O–H groups in total. The summed E-state index contributed by atoms with van der Waals surface area (Å²) < 4.78 is 5.47. The van der Waals surface area contributed by atoms with E-state index in [-0.39, 0.29) is 18.5 Å². The van der Waals surface area contributed by atoms with E-state index < -0.39 is 12.1 Å². The molecule has 6 heteroatoms. The number of aliphatic hydroxyl groups is 2. The molecule has 0 aromatic heterocycles. The summed E-state index contributed by atoms with van der Waals surface area (Å²) in [7, 11) is 0. The molecule has 0 aromatic rings. The van der Waals surface area contributed by atoms with Gasteiger partial charge in [0.1, 0.15) is 0 Å². The summed E-state index contributed by atoms with van der Waals surface area (Å²) in [5.41, 5.74) is 0. The van der Waals surface area contributed by atoms with Crippen molar-refractivity contribution in [1.82, 2.24) is 5.32 Å². The molecular formula is C71H135NO5. The Morgan fingerprint density at radius 3 is 0.961 bits per heavy atom. The fourth-order valence-corrected chi connectivity index (χ4v) is 10.8. The lowest BCUT2D eigenvalue weighted by Gasteiger charge is -2.20. The summed E-state index contributed by atoms with van der Waals surface area (Å²) in [4.78, 5) is 24.5. The SMILES string of the molecule is CCCC/C=C\CCCCCCCC(=O)OCCCCCCCCCCCCCCCC/C=C\CCCCCCCCCCCCCCCCCCCC(=O)NC(CO)C(O)/C=C/CCCCCCCCCCCCCC. The second kappa shape index (κ2) is 66.6. The average molecular weight is 1080 g/mol. The van der Waals surface area contributed by atoms with Crippen LogP contribution in [0, 0.1) is 0 Å². The number of nitrogens with one attached hydrogen (secondary N) is 1. The third kappa shape index (κ3) is 63.1. The van der Waals surface area contributed by atoms with Crippen LogP contribution in [0.5, 0.6) is 0 Å². The van der Waals surface area contributed by atoms with Crippen LogP contribution in [0.15, 0.2) is 36.5 Å². The van der Waals surface area contributed by atoms with Gasteiger partial charge in [0.05, 0.1) is 25.4 Å². The van der Waals surface area contributed by atoms with Gasteiger partial charge in [-0.3, -0.25) is 9.59 Å². The van der Waals surface area contributed by atoms with Gasteiger partial charge in [-0.15, -0.1) is 0 Å². The number of unbranched alkanes of at least 4 members (excludes halogenated alkanes) is 50. The number of rotatable bonds is 65. The minimum atomic E-state index is -0.841. The monoisotopic (exact) mass is 1080 g/mol. The van der Waals surface area contributed by atoms with Crippen molar-refractivity contribution < 1.29 is 24.5 Å². The van der Waals surface area contributed by atoms with E-state index in [0.717, 1.165) is 44.9 Å². The van der Waals surface area contributed by atoms with Crippen molar-refractivity contribution in [3.05, 3.63) is 36.5 Å². The zero-order valence-corrected chi connectivity index (χ0v) is 52.0. The average Bonchev–Trinajstić information content (AvgIpc) is 3.43. The summed E-state index contributed by atoms with van der Waals surface area (Å²) in [5.74, 6) is -0.0538. The van der Waals surface area contributed by atoms with Gasteiger partial charge in [0.2, 0.25) is 5.91 Å². The zero-order chi connectivity index (χ0) is 55.7. The molecule has 77 heavy (non-hydrogen) atoms. The highest BCUT2D eigenvalue weighted by molar-refractivity contribution is 5.76. The third-order valence-corrected chi connectivity index (χ3v) is 16.1. The number of carbonyl (C=O) groups excluding carboxylic acids is 2. The summed E-state index contributed by atoms with van der Waals surface area (Å²) in [6, 6.07) is -0.624. The Morgan fingerprint density at radius 2 is 0.623 bits per heavy atom. The van der Waals surface area contributed by atoms with Crippen molar-refractivity contribution in [3.63, 3.8) is 0 Å². The Morgan fingerprint density at radius 1 is 0.351 bits per heavy atom. The highest BCUT2D eigenvalue weighted by Crippen LogP contribution is 2.18. The first kappa shape index (κ1) is 75.1. The molecule has 0 aromatic carbocycles. The third-order valence-electron chi connectivity index (χ3n) is 16.1. The smallest absolute Gasteiger partial charge is 0.305 e. The highest BCUT2D eigenvalue weighted by Gasteiger charge is 2.18. The molecule has 0 aliphatic rings. The first-order chi connectivity index (χ1) is 38.0. The second-order valence-corrected chi connectivity index (χ2v) is 23.9. The molecule has 0 aliphatic carbocycles. The standard InChI is InChI=1S/C71H135NO5/c1-3-5-7-9-11-13-15-16-40-44-47-51-55-59-63-69(74)68(67-73)72-70(75)64-60-56-52-48-45-41-38-36-34-32-30-28-26-24-22-20-18-17-19-21-23-25-27-29-31-33-35-37-39-42-46-50-54-58-62-66-77-71(76)65-61-57-53-49-43-14-12-10-8-6-4-2/h10,12,19,21,59,63,68-69,73-74H,3-9,11,13-18,20,22-58,60-62,64-67H2,1-2H3,(H,72,75)/b12-10-,21-19-,63-59+. The van der Waals surface area contributed by atoms with Crippen LogP contribution in [-0.4, -0.2) is 47.4 Å². The van der Waals surface area contributed by atoms with Crippen LogP contribution in [0.4, 0.5) is 0 Å². The van der Waals surface area contributed by atoms with Gasteiger partial charge in [0.15, 0.2) is 0 Å². The molecule has 6 nitrogen and oxygen atoms in total. The molecule has 1 amide bonds. The Hall–Kier alpha value is -1.92. The van der Waals surface area contributed by atoms with Crippen LogP contribution in [-0.2, 0) is 14.3 Å². The highest BCUT2D eigenvalue weighted by atomic mass is 16.5. The van der Waals surface area contributed by atoms with E-state index in [1.165, 1.54) is 308 Å². The molecule has 0 saturated heterocycles. The first-order valence-electron chi connectivity index (χ1n) is 34.8. The lowest BCUT2D eigenvalue weighted by molar-refractivity contribution is -0.143. The predicted molar refractivity (Wildman–Crippen MR) is 338 cm³/mol. The van der Waals surface area contributed by atoms with Gasteiger partial charge in [-0.2, -0.15) is 0 Å². The fourth-order valence-electron chi connectivity index (χ4n) is 10.8. The molecular weight excluding hydrogens is 947 g/mol. The molecule has 0 radical (unpaired) electrons. The molecule has 454 valence electrons. The van der Waals surface area contributed by atoms with Crippen LogP contribution < -0.4 is 5.32 Å². The van der Waals surface area contributed by atoms with E-state index in [9.17, 15) is 19.8 Å². The number of aliphatic hydroxyl groups excluding tert-OH is 2. The number of hydrogen-bond donors (Lipinski definition) is 3. The lowest BCUT2D eigenvalue weighted by Crippen LogP contribution is -2.45. The molecule has 0 heterocycles.